The molecular formula is C10H18N4. The summed E-state index contributed by atoms with van der Waals surface area (Å²) in [6, 6.07) is 0.497. The second-order valence-corrected chi connectivity index (χ2v) is 3.87. The first-order valence-corrected chi connectivity index (χ1v) is 5.49. The summed E-state index contributed by atoms with van der Waals surface area (Å²) in [6.07, 6.45) is 5.46. The van der Waals surface area contributed by atoms with E-state index in [-0.39, 0.29) is 0 Å². The molecule has 1 aromatic rings. The molecule has 0 fully saturated rings. The normalized spacial score (nSPS) is 20.9. The Hall–Kier alpha value is -0.900. The molecule has 1 aliphatic rings. The highest BCUT2D eigenvalue weighted by atomic mass is 15.4. The fraction of sp³-hybridized carbons (Fsp3) is 0.800. The summed E-state index contributed by atoms with van der Waals surface area (Å²) in [5, 5.41) is 4.52. The van der Waals surface area contributed by atoms with Crippen molar-refractivity contribution < 1.29 is 0 Å². The van der Waals surface area contributed by atoms with Gasteiger partial charge in [-0.3, -0.25) is 0 Å². The topological polar surface area (TPSA) is 56.7 Å². The summed E-state index contributed by atoms with van der Waals surface area (Å²) < 4.78 is 2.11. The van der Waals surface area contributed by atoms with Gasteiger partial charge in [0.15, 0.2) is 5.82 Å². The number of aromatic nitrogens is 3. The first-order chi connectivity index (χ1) is 6.85. The van der Waals surface area contributed by atoms with E-state index in [1.54, 1.807) is 0 Å². The Bertz CT molecular complexity index is 305. The molecule has 2 heterocycles. The standard InChI is InChI=1S/C10H18N4/c1-2-9-12-10-5-3-4-8(6-7-11)14(10)13-9/h8H,2-7,11H2,1H3. The Morgan fingerprint density at radius 3 is 3.14 bits per heavy atom. The minimum absolute atomic E-state index is 0.497. The summed E-state index contributed by atoms with van der Waals surface area (Å²) in [4.78, 5) is 4.51. The predicted octanol–water partition coefficient (Wildman–Crippen LogP) is 1.07. The Morgan fingerprint density at radius 2 is 2.43 bits per heavy atom. The molecule has 4 heteroatoms. The highest BCUT2D eigenvalue weighted by molar-refractivity contribution is 4.98. The van der Waals surface area contributed by atoms with E-state index >= 15 is 0 Å². The maximum absolute atomic E-state index is 5.59. The van der Waals surface area contributed by atoms with Gasteiger partial charge in [-0.2, -0.15) is 5.10 Å². The van der Waals surface area contributed by atoms with Crippen LogP contribution in [0.1, 0.15) is 43.9 Å². The maximum Gasteiger partial charge on any atom is 0.150 e. The van der Waals surface area contributed by atoms with Crippen LogP contribution >= 0.6 is 0 Å². The molecule has 0 saturated heterocycles. The van der Waals surface area contributed by atoms with Crippen molar-refractivity contribution >= 4 is 0 Å². The molecule has 14 heavy (non-hydrogen) atoms. The summed E-state index contributed by atoms with van der Waals surface area (Å²) >= 11 is 0. The quantitative estimate of drug-likeness (QED) is 0.783. The third-order valence-electron chi connectivity index (χ3n) is 2.85. The molecular weight excluding hydrogens is 176 g/mol. The molecule has 78 valence electrons. The number of aryl methyl sites for hydroxylation is 2. The minimum Gasteiger partial charge on any atom is -0.330 e. The summed E-state index contributed by atoms with van der Waals surface area (Å²) in [7, 11) is 0. The second kappa shape index (κ2) is 4.09. The number of nitrogens with zero attached hydrogens (tertiary/aromatic N) is 3. The van der Waals surface area contributed by atoms with Crippen molar-refractivity contribution in [3.63, 3.8) is 0 Å². The van der Waals surface area contributed by atoms with Gasteiger partial charge >= 0.3 is 0 Å². The van der Waals surface area contributed by atoms with E-state index in [0.29, 0.717) is 6.04 Å². The van der Waals surface area contributed by atoms with Gasteiger partial charge in [-0.25, -0.2) is 9.67 Å². The SMILES string of the molecule is CCc1nc2n(n1)C(CCN)CCC2. The van der Waals surface area contributed by atoms with Gasteiger partial charge in [-0.15, -0.1) is 0 Å². The highest BCUT2D eigenvalue weighted by Gasteiger charge is 2.21. The van der Waals surface area contributed by atoms with Crippen LogP contribution in [-0.2, 0) is 12.8 Å². The zero-order chi connectivity index (χ0) is 9.97. The molecule has 0 amide bonds. The smallest absolute Gasteiger partial charge is 0.150 e. The molecule has 2 N–H and O–H groups in total. The minimum atomic E-state index is 0.497. The molecule has 0 saturated carbocycles. The average molecular weight is 194 g/mol. The van der Waals surface area contributed by atoms with E-state index in [4.69, 9.17) is 5.73 Å². The second-order valence-electron chi connectivity index (χ2n) is 3.87. The van der Waals surface area contributed by atoms with Crippen molar-refractivity contribution in [2.45, 2.75) is 45.1 Å². The zero-order valence-electron chi connectivity index (χ0n) is 8.74. The van der Waals surface area contributed by atoms with Crippen molar-refractivity contribution in [3.8, 4) is 0 Å². The van der Waals surface area contributed by atoms with Gasteiger partial charge in [0.2, 0.25) is 0 Å². The number of rotatable bonds is 3. The van der Waals surface area contributed by atoms with E-state index in [2.05, 4.69) is 21.7 Å². The first kappa shape index (κ1) is 9.65. The fourth-order valence-electron chi connectivity index (χ4n) is 2.09. The van der Waals surface area contributed by atoms with Crippen molar-refractivity contribution in [1.29, 1.82) is 0 Å². The van der Waals surface area contributed by atoms with Crippen LogP contribution < -0.4 is 5.73 Å². The predicted molar refractivity (Wildman–Crippen MR) is 55.0 cm³/mol. The fourth-order valence-corrected chi connectivity index (χ4v) is 2.09. The van der Waals surface area contributed by atoms with Crippen LogP contribution in [0.15, 0.2) is 0 Å². The average Bonchev–Trinajstić information content (AvgIpc) is 2.62. The lowest BCUT2D eigenvalue weighted by atomic mass is 10.0. The Labute approximate surface area is 84.5 Å². The van der Waals surface area contributed by atoms with Gasteiger partial charge in [0.05, 0.1) is 6.04 Å². The lowest BCUT2D eigenvalue weighted by Crippen LogP contribution is -2.21. The van der Waals surface area contributed by atoms with Crippen LogP contribution in [-0.4, -0.2) is 21.3 Å². The third-order valence-corrected chi connectivity index (χ3v) is 2.85. The van der Waals surface area contributed by atoms with Crippen LogP contribution in [0.5, 0.6) is 0 Å². The lowest BCUT2D eigenvalue weighted by molar-refractivity contribution is 0.345. The monoisotopic (exact) mass is 194 g/mol. The van der Waals surface area contributed by atoms with E-state index < -0.39 is 0 Å². The van der Waals surface area contributed by atoms with Crippen LogP contribution in [0, 0.1) is 0 Å². The molecule has 0 spiro atoms. The van der Waals surface area contributed by atoms with Crippen LogP contribution in [0.25, 0.3) is 0 Å². The molecule has 1 aromatic heterocycles. The van der Waals surface area contributed by atoms with Crippen molar-refractivity contribution in [3.05, 3.63) is 11.6 Å². The van der Waals surface area contributed by atoms with E-state index in [9.17, 15) is 0 Å². The molecule has 0 aliphatic carbocycles. The van der Waals surface area contributed by atoms with Crippen LogP contribution in [0.3, 0.4) is 0 Å². The van der Waals surface area contributed by atoms with Gasteiger partial charge in [0.1, 0.15) is 5.82 Å². The number of fused-ring (bicyclic) bond motifs is 1. The molecule has 1 aliphatic heterocycles. The number of nitrogens with two attached hydrogens (primary N) is 1. The van der Waals surface area contributed by atoms with Gasteiger partial charge in [-0.05, 0) is 25.8 Å². The summed E-state index contributed by atoms with van der Waals surface area (Å²) in [5.41, 5.74) is 5.59. The molecule has 2 rings (SSSR count). The third kappa shape index (κ3) is 1.66. The zero-order valence-corrected chi connectivity index (χ0v) is 8.74. The molecule has 0 radical (unpaired) electrons. The molecule has 4 nitrogen and oxygen atoms in total. The first-order valence-electron chi connectivity index (χ1n) is 5.49. The summed E-state index contributed by atoms with van der Waals surface area (Å²) in [5.74, 6) is 2.13. The van der Waals surface area contributed by atoms with E-state index in [1.807, 2.05) is 0 Å². The van der Waals surface area contributed by atoms with Crippen LogP contribution in [0.4, 0.5) is 0 Å². The van der Waals surface area contributed by atoms with E-state index in [0.717, 1.165) is 37.5 Å². The number of hydrogen-bond donors (Lipinski definition) is 1. The largest absolute Gasteiger partial charge is 0.330 e. The van der Waals surface area contributed by atoms with E-state index in [1.165, 1.54) is 12.8 Å². The highest BCUT2D eigenvalue weighted by Crippen LogP contribution is 2.25. The summed E-state index contributed by atoms with van der Waals surface area (Å²) in [6.45, 7) is 2.84. The molecule has 1 atom stereocenters. The van der Waals surface area contributed by atoms with Crippen molar-refractivity contribution in [2.75, 3.05) is 6.54 Å². The van der Waals surface area contributed by atoms with Crippen LogP contribution in [0.2, 0.25) is 0 Å². The lowest BCUT2D eigenvalue weighted by Gasteiger charge is -2.22. The Morgan fingerprint density at radius 1 is 1.57 bits per heavy atom. The van der Waals surface area contributed by atoms with Gasteiger partial charge < -0.3 is 5.73 Å². The van der Waals surface area contributed by atoms with Crippen molar-refractivity contribution in [1.82, 2.24) is 14.8 Å². The van der Waals surface area contributed by atoms with Gasteiger partial charge in [-0.1, -0.05) is 6.92 Å². The molecule has 1 unspecified atom stereocenters. The van der Waals surface area contributed by atoms with Crippen molar-refractivity contribution in [2.24, 2.45) is 5.73 Å². The number of hydrogen-bond acceptors (Lipinski definition) is 3. The Kier molecular flexibility index (Phi) is 2.82. The maximum atomic E-state index is 5.59. The molecule has 0 aromatic carbocycles. The van der Waals surface area contributed by atoms with Gasteiger partial charge in [0.25, 0.3) is 0 Å². The Balaban J connectivity index is 2.24. The molecule has 0 bridgehead atoms. The van der Waals surface area contributed by atoms with Gasteiger partial charge in [0, 0.05) is 12.8 Å².